The zero-order valence-electron chi connectivity index (χ0n) is 10.2. The van der Waals surface area contributed by atoms with Gasteiger partial charge in [-0.3, -0.25) is 4.79 Å². The second-order valence-corrected chi connectivity index (χ2v) is 4.78. The quantitative estimate of drug-likeness (QED) is 0.860. The molecular formula is C14H19NO2. The van der Waals surface area contributed by atoms with E-state index in [1.807, 2.05) is 29.2 Å². The van der Waals surface area contributed by atoms with Gasteiger partial charge in [0.25, 0.3) is 5.91 Å². The van der Waals surface area contributed by atoms with E-state index < -0.39 is 0 Å². The number of aliphatic hydroxyl groups excluding tert-OH is 1. The molecule has 1 atom stereocenters. The number of carbonyl (C=O) groups excluding carboxylic acids is 1. The smallest absolute Gasteiger partial charge is 0.254 e. The van der Waals surface area contributed by atoms with Gasteiger partial charge in [-0.15, -0.1) is 0 Å². The Hall–Kier alpha value is -1.35. The maximum absolute atomic E-state index is 12.2. The molecule has 3 heteroatoms. The van der Waals surface area contributed by atoms with Crippen LogP contribution in [0.2, 0.25) is 0 Å². The third-order valence-electron chi connectivity index (χ3n) is 3.34. The van der Waals surface area contributed by atoms with Crippen LogP contribution in [0.3, 0.4) is 0 Å². The first-order chi connectivity index (χ1) is 8.22. The van der Waals surface area contributed by atoms with Gasteiger partial charge >= 0.3 is 0 Å². The molecule has 0 spiro atoms. The molecule has 1 heterocycles. The standard InChI is InChI=1S/C14H19NO2/c1-11(7-9-16)10-15-8-6-12-4-2-3-5-13(12)14(15)17/h2-5,11,16H,6-10H2,1H3. The molecule has 1 aliphatic heterocycles. The second kappa shape index (κ2) is 5.32. The Morgan fingerprint density at radius 3 is 2.94 bits per heavy atom. The van der Waals surface area contributed by atoms with Crippen molar-refractivity contribution in [3.8, 4) is 0 Å². The Kier molecular flexibility index (Phi) is 3.79. The van der Waals surface area contributed by atoms with Crippen LogP contribution in [0.25, 0.3) is 0 Å². The topological polar surface area (TPSA) is 40.5 Å². The summed E-state index contributed by atoms with van der Waals surface area (Å²) in [5, 5.41) is 8.89. The van der Waals surface area contributed by atoms with Gasteiger partial charge in [0.2, 0.25) is 0 Å². The summed E-state index contributed by atoms with van der Waals surface area (Å²) in [6.07, 6.45) is 1.69. The minimum atomic E-state index is 0.136. The van der Waals surface area contributed by atoms with Gasteiger partial charge in [-0.05, 0) is 30.4 Å². The number of aliphatic hydroxyl groups is 1. The van der Waals surface area contributed by atoms with Crippen LogP contribution in [0.1, 0.15) is 29.3 Å². The highest BCUT2D eigenvalue weighted by atomic mass is 16.3. The van der Waals surface area contributed by atoms with Gasteiger partial charge in [0.15, 0.2) is 0 Å². The maximum Gasteiger partial charge on any atom is 0.254 e. The van der Waals surface area contributed by atoms with Crippen molar-refractivity contribution < 1.29 is 9.90 Å². The zero-order valence-corrected chi connectivity index (χ0v) is 10.2. The molecule has 0 aromatic heterocycles. The Balaban J connectivity index is 2.07. The number of nitrogens with zero attached hydrogens (tertiary/aromatic N) is 1. The molecular weight excluding hydrogens is 214 g/mol. The largest absolute Gasteiger partial charge is 0.396 e. The summed E-state index contributed by atoms with van der Waals surface area (Å²) in [5.41, 5.74) is 2.00. The second-order valence-electron chi connectivity index (χ2n) is 4.78. The maximum atomic E-state index is 12.2. The molecule has 0 aliphatic carbocycles. The predicted octanol–water partition coefficient (Wildman–Crippen LogP) is 1.70. The van der Waals surface area contributed by atoms with E-state index >= 15 is 0 Å². The molecule has 1 amide bonds. The number of hydrogen-bond donors (Lipinski definition) is 1. The molecule has 1 aromatic carbocycles. The first-order valence-electron chi connectivity index (χ1n) is 6.20. The number of carbonyl (C=O) groups is 1. The van der Waals surface area contributed by atoms with E-state index in [1.54, 1.807) is 0 Å². The van der Waals surface area contributed by atoms with Gasteiger partial charge in [0.05, 0.1) is 0 Å². The van der Waals surface area contributed by atoms with Crippen molar-refractivity contribution in [1.29, 1.82) is 0 Å². The van der Waals surface area contributed by atoms with Gasteiger partial charge in [-0.2, -0.15) is 0 Å². The molecule has 17 heavy (non-hydrogen) atoms. The van der Waals surface area contributed by atoms with Crippen LogP contribution < -0.4 is 0 Å². The Labute approximate surface area is 102 Å². The zero-order chi connectivity index (χ0) is 12.3. The average Bonchev–Trinajstić information content (AvgIpc) is 2.33. The monoisotopic (exact) mass is 233 g/mol. The lowest BCUT2D eigenvalue weighted by Gasteiger charge is -2.30. The van der Waals surface area contributed by atoms with Crippen molar-refractivity contribution in [2.75, 3.05) is 19.7 Å². The third-order valence-corrected chi connectivity index (χ3v) is 3.34. The van der Waals surface area contributed by atoms with E-state index in [-0.39, 0.29) is 12.5 Å². The van der Waals surface area contributed by atoms with Gasteiger partial charge in [-0.1, -0.05) is 25.1 Å². The highest BCUT2D eigenvalue weighted by Gasteiger charge is 2.24. The van der Waals surface area contributed by atoms with Gasteiger partial charge in [0.1, 0.15) is 0 Å². The van der Waals surface area contributed by atoms with E-state index in [0.717, 1.165) is 37.1 Å². The summed E-state index contributed by atoms with van der Waals surface area (Å²) in [5.74, 6) is 0.492. The van der Waals surface area contributed by atoms with Crippen LogP contribution in [0.15, 0.2) is 24.3 Å². The van der Waals surface area contributed by atoms with Crippen LogP contribution in [-0.4, -0.2) is 35.6 Å². The fourth-order valence-electron chi connectivity index (χ4n) is 2.34. The van der Waals surface area contributed by atoms with Crippen molar-refractivity contribution in [1.82, 2.24) is 4.90 Å². The van der Waals surface area contributed by atoms with Gasteiger partial charge in [-0.25, -0.2) is 0 Å². The van der Waals surface area contributed by atoms with Crippen LogP contribution in [0.5, 0.6) is 0 Å². The molecule has 1 N–H and O–H groups in total. The number of hydrogen-bond acceptors (Lipinski definition) is 2. The Bertz CT molecular complexity index is 403. The van der Waals surface area contributed by atoms with Crippen molar-refractivity contribution >= 4 is 5.91 Å². The fourth-order valence-corrected chi connectivity index (χ4v) is 2.34. The normalized spacial score (nSPS) is 16.8. The van der Waals surface area contributed by atoms with E-state index in [4.69, 9.17) is 5.11 Å². The molecule has 0 bridgehead atoms. The summed E-state index contributed by atoms with van der Waals surface area (Å²) in [6, 6.07) is 7.83. The van der Waals surface area contributed by atoms with Gasteiger partial charge < -0.3 is 10.0 Å². The SMILES string of the molecule is CC(CCO)CN1CCc2ccccc2C1=O. The molecule has 3 nitrogen and oxygen atoms in total. The minimum Gasteiger partial charge on any atom is -0.396 e. The summed E-state index contributed by atoms with van der Waals surface area (Å²) in [6.45, 7) is 3.81. The summed E-state index contributed by atoms with van der Waals surface area (Å²) < 4.78 is 0. The van der Waals surface area contributed by atoms with E-state index in [2.05, 4.69) is 6.92 Å². The molecule has 0 saturated heterocycles. The van der Waals surface area contributed by atoms with Gasteiger partial charge in [0, 0.05) is 25.3 Å². The number of fused-ring (bicyclic) bond motifs is 1. The van der Waals surface area contributed by atoms with Crippen LogP contribution >= 0.6 is 0 Å². The number of benzene rings is 1. The number of amides is 1. The Morgan fingerprint density at radius 1 is 1.41 bits per heavy atom. The summed E-state index contributed by atoms with van der Waals surface area (Å²) in [7, 11) is 0. The van der Waals surface area contributed by atoms with Crippen LogP contribution in [0, 0.1) is 5.92 Å². The molecule has 1 aliphatic rings. The summed E-state index contributed by atoms with van der Waals surface area (Å²) >= 11 is 0. The van der Waals surface area contributed by atoms with Crippen molar-refractivity contribution in [2.24, 2.45) is 5.92 Å². The molecule has 1 aromatic rings. The highest BCUT2D eigenvalue weighted by Crippen LogP contribution is 2.19. The molecule has 1 unspecified atom stereocenters. The fraction of sp³-hybridized carbons (Fsp3) is 0.500. The summed E-state index contributed by atoms with van der Waals surface area (Å²) in [4.78, 5) is 14.1. The third kappa shape index (κ3) is 2.67. The molecule has 0 radical (unpaired) electrons. The first-order valence-corrected chi connectivity index (χ1v) is 6.20. The van der Waals surface area contributed by atoms with Crippen molar-refractivity contribution in [2.45, 2.75) is 19.8 Å². The van der Waals surface area contributed by atoms with Crippen molar-refractivity contribution in [3.05, 3.63) is 35.4 Å². The van der Waals surface area contributed by atoms with E-state index in [1.165, 1.54) is 0 Å². The Morgan fingerprint density at radius 2 is 2.18 bits per heavy atom. The van der Waals surface area contributed by atoms with Crippen LogP contribution in [0.4, 0.5) is 0 Å². The average molecular weight is 233 g/mol. The first kappa shape index (κ1) is 12.1. The van der Waals surface area contributed by atoms with Crippen LogP contribution in [-0.2, 0) is 6.42 Å². The lowest BCUT2D eigenvalue weighted by molar-refractivity contribution is 0.0706. The lowest BCUT2D eigenvalue weighted by atomic mass is 9.97. The van der Waals surface area contributed by atoms with E-state index in [9.17, 15) is 4.79 Å². The van der Waals surface area contributed by atoms with Crippen molar-refractivity contribution in [3.63, 3.8) is 0 Å². The van der Waals surface area contributed by atoms with E-state index in [0.29, 0.717) is 5.92 Å². The molecule has 0 fully saturated rings. The minimum absolute atomic E-state index is 0.136. The predicted molar refractivity (Wildman–Crippen MR) is 66.9 cm³/mol. The lowest BCUT2D eigenvalue weighted by Crippen LogP contribution is -2.40. The number of rotatable bonds is 4. The highest BCUT2D eigenvalue weighted by molar-refractivity contribution is 5.96. The molecule has 2 rings (SSSR count). The molecule has 92 valence electrons. The molecule has 0 saturated carbocycles.